The quantitative estimate of drug-likeness (QED) is 0.565. The van der Waals surface area contributed by atoms with Gasteiger partial charge in [-0.1, -0.05) is 0 Å². The van der Waals surface area contributed by atoms with Gasteiger partial charge in [0.05, 0.1) is 0 Å². The maximum atomic E-state index is 10.5. The van der Waals surface area contributed by atoms with Crippen LogP contribution >= 0.6 is 0 Å². The van der Waals surface area contributed by atoms with Crippen LogP contribution in [-0.2, 0) is 6.54 Å². The standard InChI is InChI=1S/C23H33NO2/c1-12-15(4)19(8)23(20(9)16(12)5)26-11-24-10-21-17(6)13(2)14(3)18(7)22(21)25/h24-25H,10-11H2,1-9H3. The Kier molecular flexibility index (Phi) is 6.02. The number of hydrogen-bond donors (Lipinski definition) is 2. The van der Waals surface area contributed by atoms with Crippen LogP contribution in [0.15, 0.2) is 0 Å². The largest absolute Gasteiger partial charge is 0.507 e. The number of rotatable bonds is 5. The van der Waals surface area contributed by atoms with Crippen LogP contribution in [0.5, 0.6) is 11.5 Å². The smallest absolute Gasteiger partial charge is 0.139 e. The molecule has 2 N–H and O–H groups in total. The average molecular weight is 356 g/mol. The van der Waals surface area contributed by atoms with Crippen molar-refractivity contribution in [3.8, 4) is 11.5 Å². The Bertz CT molecular complexity index is 721. The van der Waals surface area contributed by atoms with E-state index in [-0.39, 0.29) is 0 Å². The summed E-state index contributed by atoms with van der Waals surface area (Å²) in [7, 11) is 0. The van der Waals surface area contributed by atoms with E-state index in [1.54, 1.807) is 0 Å². The molecule has 3 nitrogen and oxygen atoms in total. The van der Waals surface area contributed by atoms with Crippen molar-refractivity contribution in [3.63, 3.8) is 0 Å². The zero-order chi connectivity index (χ0) is 19.8. The molecule has 0 saturated carbocycles. The lowest BCUT2D eigenvalue weighted by Crippen LogP contribution is -2.21. The minimum atomic E-state index is 0.396. The first-order valence-electron chi connectivity index (χ1n) is 9.28. The van der Waals surface area contributed by atoms with Gasteiger partial charge in [0, 0.05) is 12.1 Å². The molecule has 0 aliphatic heterocycles. The van der Waals surface area contributed by atoms with E-state index in [4.69, 9.17) is 4.74 Å². The van der Waals surface area contributed by atoms with Crippen molar-refractivity contribution >= 4 is 0 Å². The zero-order valence-corrected chi connectivity index (χ0v) is 17.8. The lowest BCUT2D eigenvalue weighted by molar-refractivity contribution is 0.277. The first kappa shape index (κ1) is 20.3. The predicted molar refractivity (Wildman–Crippen MR) is 110 cm³/mol. The summed E-state index contributed by atoms with van der Waals surface area (Å²) in [6, 6.07) is 0. The third-order valence-corrected chi connectivity index (χ3v) is 6.33. The third-order valence-electron chi connectivity index (χ3n) is 6.33. The van der Waals surface area contributed by atoms with E-state index in [0.29, 0.717) is 19.0 Å². The minimum absolute atomic E-state index is 0.396. The normalized spacial score (nSPS) is 11.1. The zero-order valence-electron chi connectivity index (χ0n) is 17.8. The molecule has 0 saturated heterocycles. The number of phenols is 1. The predicted octanol–water partition coefficient (Wildman–Crippen LogP) is 5.29. The minimum Gasteiger partial charge on any atom is -0.507 e. The molecule has 0 bridgehead atoms. The van der Waals surface area contributed by atoms with Crippen molar-refractivity contribution < 1.29 is 9.84 Å². The molecule has 142 valence electrons. The van der Waals surface area contributed by atoms with Gasteiger partial charge in [-0.15, -0.1) is 0 Å². The summed E-state index contributed by atoms with van der Waals surface area (Å²) in [5.41, 5.74) is 11.8. The molecule has 2 aromatic rings. The molecule has 0 spiro atoms. The molecule has 0 fully saturated rings. The van der Waals surface area contributed by atoms with Crippen molar-refractivity contribution in [1.82, 2.24) is 5.32 Å². The topological polar surface area (TPSA) is 41.5 Å². The van der Waals surface area contributed by atoms with Gasteiger partial charge in [-0.05, 0) is 112 Å². The van der Waals surface area contributed by atoms with Gasteiger partial charge in [-0.2, -0.15) is 0 Å². The van der Waals surface area contributed by atoms with Gasteiger partial charge in [-0.3, -0.25) is 5.32 Å². The second kappa shape index (κ2) is 7.71. The van der Waals surface area contributed by atoms with Gasteiger partial charge in [0.25, 0.3) is 0 Å². The summed E-state index contributed by atoms with van der Waals surface area (Å²) >= 11 is 0. The number of nitrogens with one attached hydrogen (secondary N) is 1. The molecule has 0 atom stereocenters. The Morgan fingerprint density at radius 1 is 0.615 bits per heavy atom. The number of benzene rings is 2. The van der Waals surface area contributed by atoms with Gasteiger partial charge >= 0.3 is 0 Å². The number of hydrogen-bond acceptors (Lipinski definition) is 3. The highest BCUT2D eigenvalue weighted by molar-refractivity contribution is 5.54. The maximum absolute atomic E-state index is 10.5. The summed E-state index contributed by atoms with van der Waals surface area (Å²) in [5, 5.41) is 13.8. The van der Waals surface area contributed by atoms with E-state index in [9.17, 15) is 5.11 Å². The Morgan fingerprint density at radius 3 is 1.58 bits per heavy atom. The lowest BCUT2D eigenvalue weighted by Gasteiger charge is -2.20. The molecule has 0 aliphatic rings. The first-order valence-corrected chi connectivity index (χ1v) is 9.28. The highest BCUT2D eigenvalue weighted by Gasteiger charge is 2.15. The van der Waals surface area contributed by atoms with Crippen LogP contribution < -0.4 is 10.1 Å². The van der Waals surface area contributed by atoms with Gasteiger partial charge < -0.3 is 9.84 Å². The van der Waals surface area contributed by atoms with Crippen LogP contribution in [0.2, 0.25) is 0 Å². The van der Waals surface area contributed by atoms with Crippen LogP contribution in [0, 0.1) is 62.3 Å². The van der Waals surface area contributed by atoms with Gasteiger partial charge in [0.15, 0.2) is 0 Å². The SMILES string of the molecule is Cc1c(C)c(C)c(OCNCc2c(C)c(C)c(C)c(C)c2O)c(C)c1C. The highest BCUT2D eigenvalue weighted by atomic mass is 16.5. The summed E-state index contributed by atoms with van der Waals surface area (Å²) in [6.07, 6.45) is 0. The van der Waals surface area contributed by atoms with Crippen LogP contribution in [0.1, 0.15) is 55.6 Å². The fourth-order valence-corrected chi connectivity index (χ4v) is 3.57. The summed E-state index contributed by atoms with van der Waals surface area (Å²) < 4.78 is 6.08. The van der Waals surface area contributed by atoms with Gasteiger partial charge in [0.2, 0.25) is 0 Å². The molecule has 0 heterocycles. The fourth-order valence-electron chi connectivity index (χ4n) is 3.57. The second-order valence-corrected chi connectivity index (χ2v) is 7.50. The van der Waals surface area contributed by atoms with E-state index in [1.807, 2.05) is 6.92 Å². The van der Waals surface area contributed by atoms with Crippen LogP contribution in [0.3, 0.4) is 0 Å². The van der Waals surface area contributed by atoms with E-state index in [1.165, 1.54) is 33.4 Å². The second-order valence-electron chi connectivity index (χ2n) is 7.50. The van der Waals surface area contributed by atoms with Crippen LogP contribution in [0.4, 0.5) is 0 Å². The van der Waals surface area contributed by atoms with Gasteiger partial charge in [0.1, 0.15) is 18.2 Å². The van der Waals surface area contributed by atoms with Crippen molar-refractivity contribution in [3.05, 3.63) is 55.6 Å². The summed E-state index contributed by atoms with van der Waals surface area (Å²) in [6.45, 7) is 19.9. The first-order chi connectivity index (χ1) is 12.1. The van der Waals surface area contributed by atoms with E-state index < -0.39 is 0 Å². The molecule has 26 heavy (non-hydrogen) atoms. The molecule has 0 unspecified atom stereocenters. The molecule has 0 aliphatic carbocycles. The molecule has 2 rings (SSSR count). The lowest BCUT2D eigenvalue weighted by atomic mass is 9.93. The van der Waals surface area contributed by atoms with Gasteiger partial charge in [-0.25, -0.2) is 0 Å². The Balaban J connectivity index is 2.14. The number of phenolic OH excluding ortho intramolecular Hbond substituents is 1. The Labute approximate surface area is 158 Å². The van der Waals surface area contributed by atoms with Crippen LogP contribution in [-0.4, -0.2) is 11.8 Å². The van der Waals surface area contributed by atoms with Crippen molar-refractivity contribution in [2.24, 2.45) is 0 Å². The number of aromatic hydroxyl groups is 1. The summed E-state index contributed by atoms with van der Waals surface area (Å²) in [5.74, 6) is 1.36. The molecular weight excluding hydrogens is 322 g/mol. The van der Waals surface area contributed by atoms with Crippen molar-refractivity contribution in [2.75, 3.05) is 6.73 Å². The maximum Gasteiger partial charge on any atom is 0.139 e. The number of ether oxygens (including phenoxy) is 1. The van der Waals surface area contributed by atoms with E-state index >= 15 is 0 Å². The Morgan fingerprint density at radius 2 is 1.04 bits per heavy atom. The van der Waals surface area contributed by atoms with E-state index in [2.05, 4.69) is 60.7 Å². The van der Waals surface area contributed by atoms with E-state index in [0.717, 1.165) is 28.0 Å². The molecule has 0 amide bonds. The molecule has 0 aromatic heterocycles. The summed E-state index contributed by atoms with van der Waals surface area (Å²) in [4.78, 5) is 0. The molecular formula is C23H33NO2. The molecule has 2 aromatic carbocycles. The third kappa shape index (κ3) is 3.45. The molecule has 3 heteroatoms. The van der Waals surface area contributed by atoms with Crippen molar-refractivity contribution in [1.29, 1.82) is 0 Å². The highest BCUT2D eigenvalue weighted by Crippen LogP contribution is 2.33. The van der Waals surface area contributed by atoms with Crippen molar-refractivity contribution in [2.45, 2.75) is 68.9 Å². The molecule has 0 radical (unpaired) electrons. The van der Waals surface area contributed by atoms with Crippen LogP contribution in [0.25, 0.3) is 0 Å². The Hall–Kier alpha value is -2.00. The fraction of sp³-hybridized carbons (Fsp3) is 0.478. The monoisotopic (exact) mass is 355 g/mol. The average Bonchev–Trinajstić information content (AvgIpc) is 2.63.